The zero-order valence-corrected chi connectivity index (χ0v) is 11.4. The van der Waals surface area contributed by atoms with Crippen molar-refractivity contribution in [1.82, 2.24) is 4.31 Å². The Labute approximate surface area is 106 Å². The average Bonchev–Trinajstić information content (AvgIpc) is 2.78. The van der Waals surface area contributed by atoms with E-state index in [9.17, 15) is 8.42 Å². The van der Waals surface area contributed by atoms with Crippen molar-refractivity contribution in [2.45, 2.75) is 30.6 Å². The van der Waals surface area contributed by atoms with E-state index in [1.807, 2.05) is 0 Å². The number of aliphatic hydroxyl groups excluding tert-OH is 1. The summed E-state index contributed by atoms with van der Waals surface area (Å²) in [6.07, 6.45) is 2.02. The van der Waals surface area contributed by atoms with E-state index in [4.69, 9.17) is 5.11 Å². The molecular formula is C11H17NO3S2. The van der Waals surface area contributed by atoms with E-state index in [0.717, 1.165) is 24.2 Å². The van der Waals surface area contributed by atoms with Gasteiger partial charge in [0.05, 0.1) is 6.61 Å². The third kappa shape index (κ3) is 2.70. The topological polar surface area (TPSA) is 57.6 Å². The van der Waals surface area contributed by atoms with Crippen LogP contribution in [0.25, 0.3) is 0 Å². The van der Waals surface area contributed by atoms with Gasteiger partial charge in [0.1, 0.15) is 4.21 Å². The fourth-order valence-corrected chi connectivity index (χ4v) is 5.04. The van der Waals surface area contributed by atoms with Gasteiger partial charge in [-0.15, -0.1) is 11.3 Å². The highest BCUT2D eigenvalue weighted by atomic mass is 32.2. The van der Waals surface area contributed by atoms with E-state index < -0.39 is 10.0 Å². The second-order valence-corrected chi connectivity index (χ2v) is 7.82. The summed E-state index contributed by atoms with van der Waals surface area (Å²) < 4.78 is 26.5. The smallest absolute Gasteiger partial charge is 0.252 e. The molecule has 4 nitrogen and oxygen atoms in total. The molecule has 0 radical (unpaired) electrons. The molecule has 1 aromatic rings. The molecular weight excluding hydrogens is 258 g/mol. The molecule has 1 saturated heterocycles. The predicted molar refractivity (Wildman–Crippen MR) is 67.4 cm³/mol. The molecule has 6 heteroatoms. The van der Waals surface area contributed by atoms with Crippen LogP contribution in [0.15, 0.2) is 16.3 Å². The SMILES string of the molecule is CC1CCCN(S(=O)(=O)c2ccc(CO)s2)C1. The maximum Gasteiger partial charge on any atom is 0.252 e. The van der Waals surface area contributed by atoms with E-state index >= 15 is 0 Å². The van der Waals surface area contributed by atoms with Crippen molar-refractivity contribution in [3.05, 3.63) is 17.0 Å². The van der Waals surface area contributed by atoms with Gasteiger partial charge in [0, 0.05) is 18.0 Å². The highest BCUT2D eigenvalue weighted by Gasteiger charge is 2.29. The standard InChI is InChI=1S/C11H17NO3S2/c1-9-3-2-6-12(7-9)17(14,15)11-5-4-10(8-13)16-11/h4-5,9,13H,2-3,6-8H2,1H3. The number of nitrogens with zero attached hydrogens (tertiary/aromatic N) is 1. The van der Waals surface area contributed by atoms with E-state index in [-0.39, 0.29) is 6.61 Å². The van der Waals surface area contributed by atoms with Gasteiger partial charge < -0.3 is 5.11 Å². The van der Waals surface area contributed by atoms with Crippen LogP contribution >= 0.6 is 11.3 Å². The first-order valence-corrected chi connectivity index (χ1v) is 7.99. The van der Waals surface area contributed by atoms with Gasteiger partial charge in [0.15, 0.2) is 0 Å². The molecule has 1 aliphatic rings. The highest BCUT2D eigenvalue weighted by Crippen LogP contribution is 2.28. The van der Waals surface area contributed by atoms with E-state index in [0.29, 0.717) is 28.1 Å². The van der Waals surface area contributed by atoms with Crippen LogP contribution in [-0.4, -0.2) is 30.9 Å². The Morgan fingerprint density at radius 1 is 1.53 bits per heavy atom. The van der Waals surface area contributed by atoms with Crippen molar-refractivity contribution < 1.29 is 13.5 Å². The lowest BCUT2D eigenvalue weighted by Gasteiger charge is -2.29. The van der Waals surface area contributed by atoms with Crippen LogP contribution in [0.3, 0.4) is 0 Å². The summed E-state index contributed by atoms with van der Waals surface area (Å²) in [7, 11) is -3.34. The number of thiophene rings is 1. The summed E-state index contributed by atoms with van der Waals surface area (Å²) in [5, 5.41) is 8.97. The molecule has 2 heterocycles. The fourth-order valence-electron chi connectivity index (χ4n) is 2.07. The largest absolute Gasteiger partial charge is 0.391 e. The molecule has 0 aliphatic carbocycles. The summed E-state index contributed by atoms with van der Waals surface area (Å²) in [4.78, 5) is 0.689. The minimum absolute atomic E-state index is 0.101. The van der Waals surface area contributed by atoms with Crippen LogP contribution in [0.5, 0.6) is 0 Å². The lowest BCUT2D eigenvalue weighted by atomic mass is 10.0. The molecule has 0 aromatic carbocycles. The first-order valence-electron chi connectivity index (χ1n) is 5.74. The number of sulfonamides is 1. The Morgan fingerprint density at radius 3 is 2.88 bits per heavy atom. The third-order valence-electron chi connectivity index (χ3n) is 3.01. The molecule has 0 amide bonds. The van der Waals surface area contributed by atoms with Crippen molar-refractivity contribution in [2.24, 2.45) is 5.92 Å². The third-order valence-corrected chi connectivity index (χ3v) is 6.41. The van der Waals surface area contributed by atoms with Crippen molar-refractivity contribution in [3.63, 3.8) is 0 Å². The Bertz CT molecular complexity index is 481. The summed E-state index contributed by atoms with van der Waals surface area (Å²) in [5.74, 6) is 0.427. The van der Waals surface area contributed by atoms with E-state index in [2.05, 4.69) is 6.92 Å². The van der Waals surface area contributed by atoms with Crippen LogP contribution in [-0.2, 0) is 16.6 Å². The maximum atomic E-state index is 12.3. The lowest BCUT2D eigenvalue weighted by Crippen LogP contribution is -2.38. The Kier molecular flexibility index (Phi) is 3.87. The van der Waals surface area contributed by atoms with Gasteiger partial charge in [-0.2, -0.15) is 4.31 Å². The molecule has 0 bridgehead atoms. The molecule has 1 aromatic heterocycles. The van der Waals surface area contributed by atoms with Crippen molar-refractivity contribution >= 4 is 21.4 Å². The molecule has 1 atom stereocenters. The zero-order valence-electron chi connectivity index (χ0n) is 9.80. The molecule has 2 rings (SSSR count). The van der Waals surface area contributed by atoms with Crippen molar-refractivity contribution in [3.8, 4) is 0 Å². The van der Waals surface area contributed by atoms with Gasteiger partial charge in [-0.05, 0) is 30.9 Å². The molecule has 96 valence electrons. The first kappa shape index (κ1) is 13.0. The molecule has 1 fully saturated rings. The monoisotopic (exact) mass is 275 g/mol. The molecule has 0 saturated carbocycles. The second kappa shape index (κ2) is 5.06. The molecule has 1 aliphatic heterocycles. The van der Waals surface area contributed by atoms with E-state index in [1.54, 1.807) is 16.4 Å². The lowest BCUT2D eigenvalue weighted by molar-refractivity contribution is 0.281. The normalized spacial score (nSPS) is 22.8. The number of piperidine rings is 1. The fraction of sp³-hybridized carbons (Fsp3) is 0.636. The van der Waals surface area contributed by atoms with Crippen LogP contribution in [0.1, 0.15) is 24.6 Å². The number of rotatable bonds is 3. The van der Waals surface area contributed by atoms with Gasteiger partial charge >= 0.3 is 0 Å². The predicted octanol–water partition coefficient (Wildman–Crippen LogP) is 1.66. The van der Waals surface area contributed by atoms with E-state index in [1.165, 1.54) is 0 Å². The van der Waals surface area contributed by atoms with Crippen LogP contribution in [0.2, 0.25) is 0 Å². The van der Waals surface area contributed by atoms with Crippen molar-refractivity contribution in [1.29, 1.82) is 0 Å². The van der Waals surface area contributed by atoms with Crippen molar-refractivity contribution in [2.75, 3.05) is 13.1 Å². The summed E-state index contributed by atoms with van der Waals surface area (Å²) in [5.41, 5.74) is 0. The van der Waals surface area contributed by atoms with Gasteiger partial charge in [-0.25, -0.2) is 8.42 Å². The number of aliphatic hydroxyl groups is 1. The second-order valence-electron chi connectivity index (χ2n) is 4.49. The summed E-state index contributed by atoms with van der Waals surface area (Å²) in [6.45, 7) is 3.19. The van der Waals surface area contributed by atoms with Crippen LogP contribution in [0, 0.1) is 5.92 Å². The Hall–Kier alpha value is -0.430. The quantitative estimate of drug-likeness (QED) is 0.912. The summed E-state index contributed by atoms with van der Waals surface area (Å²) >= 11 is 1.16. The maximum absolute atomic E-state index is 12.3. The summed E-state index contributed by atoms with van der Waals surface area (Å²) in [6, 6.07) is 3.26. The molecule has 0 spiro atoms. The Balaban J connectivity index is 2.23. The number of hydrogen-bond acceptors (Lipinski definition) is 4. The van der Waals surface area contributed by atoms with Gasteiger partial charge in [0.2, 0.25) is 0 Å². The molecule has 1 unspecified atom stereocenters. The first-order chi connectivity index (χ1) is 8.04. The zero-order chi connectivity index (χ0) is 12.5. The minimum Gasteiger partial charge on any atom is -0.391 e. The highest BCUT2D eigenvalue weighted by molar-refractivity contribution is 7.91. The van der Waals surface area contributed by atoms with Gasteiger partial charge in [-0.3, -0.25) is 0 Å². The number of hydrogen-bond donors (Lipinski definition) is 1. The molecule has 1 N–H and O–H groups in total. The van der Waals surface area contributed by atoms with Crippen LogP contribution in [0.4, 0.5) is 0 Å². The minimum atomic E-state index is -3.34. The Morgan fingerprint density at radius 2 is 2.29 bits per heavy atom. The van der Waals surface area contributed by atoms with Crippen LogP contribution < -0.4 is 0 Å². The van der Waals surface area contributed by atoms with Gasteiger partial charge in [0.25, 0.3) is 10.0 Å². The van der Waals surface area contributed by atoms with Gasteiger partial charge in [-0.1, -0.05) is 6.92 Å². The average molecular weight is 275 g/mol. The molecule has 17 heavy (non-hydrogen) atoms.